The van der Waals surface area contributed by atoms with Crippen LogP contribution < -0.4 is 9.64 Å². The molecular formula is C18H26N2O3. The van der Waals surface area contributed by atoms with Gasteiger partial charge in [-0.1, -0.05) is 13.3 Å². The average Bonchev–Trinajstić information content (AvgIpc) is 2.97. The van der Waals surface area contributed by atoms with Crippen LogP contribution in [0.5, 0.6) is 5.75 Å². The molecule has 1 unspecified atom stereocenters. The van der Waals surface area contributed by atoms with Gasteiger partial charge in [-0.15, -0.1) is 0 Å². The van der Waals surface area contributed by atoms with E-state index in [1.54, 1.807) is 12.0 Å². The van der Waals surface area contributed by atoms with Crippen LogP contribution in [0.4, 0.5) is 5.69 Å². The topological polar surface area (TPSA) is 49.9 Å². The first-order valence-corrected chi connectivity index (χ1v) is 8.33. The molecule has 5 heteroatoms. The number of amides is 2. The first-order valence-electron chi connectivity index (χ1n) is 8.33. The molecule has 0 saturated carbocycles. The second-order valence-corrected chi connectivity index (χ2v) is 5.87. The minimum absolute atomic E-state index is 0.0139. The lowest BCUT2D eigenvalue weighted by Gasteiger charge is -2.24. The molecule has 1 aromatic rings. The molecule has 0 radical (unpaired) electrons. The minimum atomic E-state index is -0.235. The van der Waals surface area contributed by atoms with Crippen LogP contribution in [0.25, 0.3) is 0 Å². The molecule has 1 saturated heterocycles. The fourth-order valence-electron chi connectivity index (χ4n) is 2.92. The van der Waals surface area contributed by atoms with Gasteiger partial charge in [-0.25, -0.2) is 0 Å². The first kappa shape index (κ1) is 17.3. The zero-order valence-corrected chi connectivity index (χ0v) is 14.2. The number of anilines is 1. The molecule has 2 amide bonds. The van der Waals surface area contributed by atoms with E-state index in [9.17, 15) is 9.59 Å². The van der Waals surface area contributed by atoms with Gasteiger partial charge in [0.1, 0.15) is 5.75 Å². The number of benzene rings is 1. The quantitative estimate of drug-likeness (QED) is 0.776. The van der Waals surface area contributed by atoms with Gasteiger partial charge in [0.05, 0.1) is 13.0 Å². The van der Waals surface area contributed by atoms with E-state index in [1.165, 1.54) is 0 Å². The van der Waals surface area contributed by atoms with Gasteiger partial charge in [-0.3, -0.25) is 9.59 Å². The van der Waals surface area contributed by atoms with E-state index in [1.807, 2.05) is 36.1 Å². The van der Waals surface area contributed by atoms with Gasteiger partial charge in [0.25, 0.3) is 0 Å². The number of unbranched alkanes of at least 4 members (excludes halogenated alkanes) is 1. The van der Waals surface area contributed by atoms with Crippen molar-refractivity contribution in [2.75, 3.05) is 31.6 Å². The van der Waals surface area contributed by atoms with E-state index in [2.05, 4.69) is 6.92 Å². The molecule has 1 atom stereocenters. The molecule has 0 spiro atoms. The Bertz CT molecular complexity index is 542. The highest BCUT2D eigenvalue weighted by Crippen LogP contribution is 2.27. The molecular weight excluding hydrogens is 292 g/mol. The standard InChI is InChI=1S/C18H26N2O3/c1-4-6-11-19(5-2)18(22)14-12-17(21)20(13-14)15-7-9-16(23-3)10-8-15/h7-10,14H,4-6,11-13H2,1-3H3. The van der Waals surface area contributed by atoms with Crippen LogP contribution in [0.15, 0.2) is 24.3 Å². The van der Waals surface area contributed by atoms with Crippen molar-refractivity contribution in [1.82, 2.24) is 4.90 Å². The number of ether oxygens (including phenoxy) is 1. The van der Waals surface area contributed by atoms with Crippen molar-refractivity contribution >= 4 is 17.5 Å². The Morgan fingerprint density at radius 3 is 2.57 bits per heavy atom. The second-order valence-electron chi connectivity index (χ2n) is 5.87. The van der Waals surface area contributed by atoms with E-state index in [0.29, 0.717) is 19.5 Å². The molecule has 1 heterocycles. The van der Waals surface area contributed by atoms with Gasteiger partial charge in [0, 0.05) is 31.7 Å². The first-order chi connectivity index (χ1) is 11.1. The van der Waals surface area contributed by atoms with Gasteiger partial charge in [0.2, 0.25) is 11.8 Å². The summed E-state index contributed by atoms with van der Waals surface area (Å²) >= 11 is 0. The van der Waals surface area contributed by atoms with Crippen LogP contribution in [-0.4, -0.2) is 43.5 Å². The summed E-state index contributed by atoms with van der Waals surface area (Å²) in [5.41, 5.74) is 0.822. The Morgan fingerprint density at radius 2 is 2.00 bits per heavy atom. The summed E-state index contributed by atoms with van der Waals surface area (Å²) in [6.45, 7) is 6.05. The van der Waals surface area contributed by atoms with Gasteiger partial charge in [-0.05, 0) is 37.6 Å². The maximum absolute atomic E-state index is 12.6. The predicted octanol–water partition coefficient (Wildman–Crippen LogP) is 2.70. The molecule has 0 bridgehead atoms. The third-order valence-corrected chi connectivity index (χ3v) is 4.33. The summed E-state index contributed by atoms with van der Waals surface area (Å²) in [7, 11) is 1.61. The Morgan fingerprint density at radius 1 is 1.30 bits per heavy atom. The zero-order valence-electron chi connectivity index (χ0n) is 14.2. The van der Waals surface area contributed by atoms with Crippen LogP contribution >= 0.6 is 0 Å². The largest absolute Gasteiger partial charge is 0.497 e. The summed E-state index contributed by atoms with van der Waals surface area (Å²) in [5.74, 6) is 0.636. The van der Waals surface area contributed by atoms with Crippen LogP contribution in [-0.2, 0) is 9.59 Å². The Hall–Kier alpha value is -2.04. The molecule has 2 rings (SSSR count). The van der Waals surface area contributed by atoms with Gasteiger partial charge >= 0.3 is 0 Å². The number of rotatable bonds is 7. The van der Waals surface area contributed by atoms with E-state index < -0.39 is 0 Å². The highest BCUT2D eigenvalue weighted by Gasteiger charge is 2.36. The monoisotopic (exact) mass is 318 g/mol. The van der Waals surface area contributed by atoms with Crippen molar-refractivity contribution in [3.63, 3.8) is 0 Å². The predicted molar refractivity (Wildman–Crippen MR) is 90.6 cm³/mol. The number of hydrogen-bond donors (Lipinski definition) is 0. The second kappa shape index (κ2) is 7.99. The molecule has 5 nitrogen and oxygen atoms in total. The number of carbonyl (C=O) groups is 2. The fourth-order valence-corrected chi connectivity index (χ4v) is 2.92. The van der Waals surface area contributed by atoms with Crippen molar-refractivity contribution in [1.29, 1.82) is 0 Å². The molecule has 126 valence electrons. The van der Waals surface area contributed by atoms with Crippen molar-refractivity contribution in [2.45, 2.75) is 33.1 Å². The van der Waals surface area contributed by atoms with E-state index in [4.69, 9.17) is 4.74 Å². The van der Waals surface area contributed by atoms with Gasteiger partial charge < -0.3 is 14.5 Å². The summed E-state index contributed by atoms with van der Waals surface area (Å²) in [5, 5.41) is 0. The smallest absolute Gasteiger partial charge is 0.228 e. The Labute approximate surface area is 138 Å². The Balaban J connectivity index is 2.04. The molecule has 0 aromatic heterocycles. The fraction of sp³-hybridized carbons (Fsp3) is 0.556. The maximum Gasteiger partial charge on any atom is 0.228 e. The van der Waals surface area contributed by atoms with Crippen LogP contribution in [0.2, 0.25) is 0 Å². The van der Waals surface area contributed by atoms with Gasteiger partial charge in [-0.2, -0.15) is 0 Å². The van der Waals surface area contributed by atoms with Crippen molar-refractivity contribution in [3.05, 3.63) is 24.3 Å². The average molecular weight is 318 g/mol. The number of carbonyl (C=O) groups excluding carboxylic acids is 2. The van der Waals surface area contributed by atoms with Gasteiger partial charge in [0.15, 0.2) is 0 Å². The van der Waals surface area contributed by atoms with Crippen molar-refractivity contribution < 1.29 is 14.3 Å². The SMILES string of the molecule is CCCCN(CC)C(=O)C1CC(=O)N(c2ccc(OC)cc2)C1. The van der Waals surface area contributed by atoms with Crippen molar-refractivity contribution in [2.24, 2.45) is 5.92 Å². The van der Waals surface area contributed by atoms with E-state index >= 15 is 0 Å². The highest BCUT2D eigenvalue weighted by atomic mass is 16.5. The summed E-state index contributed by atoms with van der Waals surface area (Å²) in [6, 6.07) is 7.38. The lowest BCUT2D eigenvalue weighted by molar-refractivity contribution is -0.135. The normalized spacial score (nSPS) is 17.4. The molecule has 23 heavy (non-hydrogen) atoms. The molecule has 1 aliphatic heterocycles. The van der Waals surface area contributed by atoms with Crippen molar-refractivity contribution in [3.8, 4) is 5.75 Å². The van der Waals surface area contributed by atoms with E-state index in [0.717, 1.165) is 30.8 Å². The molecule has 1 fully saturated rings. The lowest BCUT2D eigenvalue weighted by Crippen LogP contribution is -2.38. The number of methoxy groups -OCH3 is 1. The minimum Gasteiger partial charge on any atom is -0.497 e. The molecule has 0 N–H and O–H groups in total. The highest BCUT2D eigenvalue weighted by molar-refractivity contribution is 6.00. The van der Waals surface area contributed by atoms with Crippen LogP contribution in [0.1, 0.15) is 33.1 Å². The Kier molecular flexibility index (Phi) is 6.02. The summed E-state index contributed by atoms with van der Waals surface area (Å²) in [4.78, 5) is 28.5. The molecule has 0 aliphatic carbocycles. The number of hydrogen-bond acceptors (Lipinski definition) is 3. The third-order valence-electron chi connectivity index (χ3n) is 4.33. The summed E-state index contributed by atoms with van der Waals surface area (Å²) in [6.07, 6.45) is 2.36. The van der Waals surface area contributed by atoms with Crippen LogP contribution in [0, 0.1) is 5.92 Å². The molecule has 1 aliphatic rings. The van der Waals surface area contributed by atoms with E-state index in [-0.39, 0.29) is 17.7 Å². The number of nitrogens with zero attached hydrogens (tertiary/aromatic N) is 2. The lowest BCUT2D eigenvalue weighted by atomic mass is 10.1. The summed E-state index contributed by atoms with van der Waals surface area (Å²) < 4.78 is 5.14. The third kappa shape index (κ3) is 4.03. The zero-order chi connectivity index (χ0) is 16.8. The molecule has 1 aromatic carbocycles. The van der Waals surface area contributed by atoms with Crippen LogP contribution in [0.3, 0.4) is 0 Å². The maximum atomic E-state index is 12.6.